The molecule has 1 amide bonds. The minimum absolute atomic E-state index is 0.0533. The van der Waals surface area contributed by atoms with Crippen molar-refractivity contribution in [3.05, 3.63) is 48.0 Å². The molecular formula is C18H16F3NO4. The molecule has 1 heterocycles. The summed E-state index contributed by atoms with van der Waals surface area (Å²) < 4.78 is 54.4. The van der Waals surface area contributed by atoms with Gasteiger partial charge in [0, 0.05) is 11.8 Å². The molecule has 0 aliphatic carbocycles. The first-order chi connectivity index (χ1) is 12.4. The largest absolute Gasteiger partial charge is 0.480 e. The Morgan fingerprint density at radius 1 is 1.19 bits per heavy atom. The van der Waals surface area contributed by atoms with Gasteiger partial charge in [0.25, 0.3) is 5.91 Å². The van der Waals surface area contributed by atoms with E-state index in [1.54, 1.807) is 25.1 Å². The predicted octanol–water partition coefficient (Wildman–Crippen LogP) is 4.23. The molecule has 0 saturated carbocycles. The number of benzene rings is 2. The fraction of sp³-hybridized carbons (Fsp3) is 0.278. The van der Waals surface area contributed by atoms with Gasteiger partial charge in [0.15, 0.2) is 17.6 Å². The van der Waals surface area contributed by atoms with E-state index in [0.717, 1.165) is 12.1 Å². The quantitative estimate of drug-likeness (QED) is 0.859. The van der Waals surface area contributed by atoms with Gasteiger partial charge in [0.2, 0.25) is 6.79 Å². The molecule has 5 nitrogen and oxygen atoms in total. The fourth-order valence-electron chi connectivity index (χ4n) is 2.43. The average Bonchev–Trinajstić information content (AvgIpc) is 3.06. The summed E-state index contributed by atoms with van der Waals surface area (Å²) in [6.07, 6.45) is -5.02. The first-order valence-corrected chi connectivity index (χ1v) is 7.91. The molecule has 2 aromatic carbocycles. The van der Waals surface area contributed by atoms with Crippen LogP contribution < -0.4 is 19.5 Å². The van der Waals surface area contributed by atoms with Crippen LogP contribution in [0.25, 0.3) is 0 Å². The van der Waals surface area contributed by atoms with Crippen LogP contribution in [-0.4, -0.2) is 18.8 Å². The molecular weight excluding hydrogens is 351 g/mol. The standard InChI is InChI=1S/C18H16F3NO4/c1-2-14(26-13-6-7-15-16(9-13)25-10-24-15)17(23)22-12-5-3-4-11(8-12)18(19,20)21/h3-9,14H,2,10H2,1H3,(H,22,23). The van der Waals surface area contributed by atoms with Gasteiger partial charge in [-0.2, -0.15) is 13.2 Å². The van der Waals surface area contributed by atoms with Crippen LogP contribution in [0.2, 0.25) is 0 Å². The number of anilines is 1. The summed E-state index contributed by atoms with van der Waals surface area (Å²) in [5.74, 6) is 0.958. The molecule has 8 heteroatoms. The van der Waals surface area contributed by atoms with Crippen molar-refractivity contribution in [3.8, 4) is 17.2 Å². The summed E-state index contributed by atoms with van der Waals surface area (Å²) in [6, 6.07) is 9.34. The van der Waals surface area contributed by atoms with Gasteiger partial charge in [-0.05, 0) is 36.8 Å². The number of ether oxygens (including phenoxy) is 3. The Morgan fingerprint density at radius 2 is 1.96 bits per heavy atom. The van der Waals surface area contributed by atoms with Crippen molar-refractivity contribution < 1.29 is 32.2 Å². The smallest absolute Gasteiger partial charge is 0.416 e. The number of carbonyl (C=O) groups is 1. The monoisotopic (exact) mass is 367 g/mol. The van der Waals surface area contributed by atoms with E-state index in [4.69, 9.17) is 14.2 Å². The van der Waals surface area contributed by atoms with Gasteiger partial charge in [-0.3, -0.25) is 4.79 Å². The highest BCUT2D eigenvalue weighted by Gasteiger charge is 2.30. The fourth-order valence-corrected chi connectivity index (χ4v) is 2.43. The number of nitrogens with one attached hydrogen (secondary N) is 1. The van der Waals surface area contributed by atoms with Crippen molar-refractivity contribution in [2.24, 2.45) is 0 Å². The van der Waals surface area contributed by atoms with Crippen LogP contribution in [0.5, 0.6) is 17.2 Å². The summed E-state index contributed by atoms with van der Waals surface area (Å²) in [5.41, 5.74) is -0.780. The third-order valence-corrected chi connectivity index (χ3v) is 3.74. The second kappa shape index (κ2) is 7.15. The van der Waals surface area contributed by atoms with Crippen molar-refractivity contribution in [3.63, 3.8) is 0 Å². The van der Waals surface area contributed by atoms with Crippen LogP contribution in [0, 0.1) is 0 Å². The maximum absolute atomic E-state index is 12.8. The van der Waals surface area contributed by atoms with Crippen LogP contribution in [0.3, 0.4) is 0 Å². The molecule has 26 heavy (non-hydrogen) atoms. The molecule has 1 aliphatic rings. The van der Waals surface area contributed by atoms with E-state index in [2.05, 4.69) is 5.32 Å². The van der Waals surface area contributed by atoms with E-state index in [-0.39, 0.29) is 12.5 Å². The van der Waals surface area contributed by atoms with Crippen molar-refractivity contribution in [2.75, 3.05) is 12.1 Å². The van der Waals surface area contributed by atoms with Gasteiger partial charge in [-0.25, -0.2) is 0 Å². The number of alkyl halides is 3. The van der Waals surface area contributed by atoms with Crippen LogP contribution in [0.1, 0.15) is 18.9 Å². The number of carbonyl (C=O) groups excluding carboxylic acids is 1. The summed E-state index contributed by atoms with van der Waals surface area (Å²) in [4.78, 5) is 12.4. The van der Waals surface area contributed by atoms with Gasteiger partial charge in [0.05, 0.1) is 5.56 Å². The lowest BCUT2D eigenvalue weighted by Crippen LogP contribution is -2.32. The number of halogens is 3. The highest BCUT2D eigenvalue weighted by atomic mass is 19.4. The second-order valence-corrected chi connectivity index (χ2v) is 5.60. The third-order valence-electron chi connectivity index (χ3n) is 3.74. The number of hydrogen-bond acceptors (Lipinski definition) is 4. The Bertz CT molecular complexity index is 807. The van der Waals surface area contributed by atoms with Crippen molar-refractivity contribution in [1.29, 1.82) is 0 Å². The topological polar surface area (TPSA) is 56.8 Å². The zero-order valence-electron chi connectivity index (χ0n) is 13.8. The van der Waals surface area contributed by atoms with Crippen LogP contribution in [0.4, 0.5) is 18.9 Å². The Balaban J connectivity index is 1.69. The van der Waals surface area contributed by atoms with E-state index < -0.39 is 23.8 Å². The molecule has 1 N–H and O–H groups in total. The molecule has 1 aliphatic heterocycles. The van der Waals surface area contributed by atoms with E-state index >= 15 is 0 Å². The molecule has 0 spiro atoms. The Morgan fingerprint density at radius 3 is 2.69 bits per heavy atom. The number of rotatable bonds is 5. The van der Waals surface area contributed by atoms with Crippen molar-refractivity contribution >= 4 is 11.6 Å². The van der Waals surface area contributed by atoms with Gasteiger partial charge in [0.1, 0.15) is 5.75 Å². The second-order valence-electron chi connectivity index (χ2n) is 5.60. The van der Waals surface area contributed by atoms with Gasteiger partial charge in [-0.1, -0.05) is 13.0 Å². The summed E-state index contributed by atoms with van der Waals surface area (Å²) in [5, 5.41) is 2.46. The lowest BCUT2D eigenvalue weighted by molar-refractivity contribution is -0.137. The maximum atomic E-state index is 12.8. The van der Waals surface area contributed by atoms with E-state index in [1.165, 1.54) is 12.1 Å². The first-order valence-electron chi connectivity index (χ1n) is 7.91. The Labute approximate surface area is 147 Å². The number of amides is 1. The minimum Gasteiger partial charge on any atom is -0.480 e. The number of fused-ring (bicyclic) bond motifs is 1. The Hall–Kier alpha value is -2.90. The summed E-state index contributed by atoms with van der Waals surface area (Å²) >= 11 is 0. The van der Waals surface area contributed by atoms with Crippen molar-refractivity contribution in [2.45, 2.75) is 25.6 Å². The molecule has 0 radical (unpaired) electrons. The normalized spacial score (nSPS) is 14.0. The van der Waals surface area contributed by atoms with Gasteiger partial charge >= 0.3 is 6.18 Å². The molecule has 0 fully saturated rings. The first kappa shape index (κ1) is 17.9. The van der Waals surface area contributed by atoms with E-state index in [0.29, 0.717) is 23.7 Å². The lowest BCUT2D eigenvalue weighted by atomic mass is 10.2. The molecule has 3 rings (SSSR count). The zero-order chi connectivity index (χ0) is 18.7. The highest BCUT2D eigenvalue weighted by molar-refractivity contribution is 5.94. The predicted molar refractivity (Wildman–Crippen MR) is 87.3 cm³/mol. The molecule has 0 aromatic heterocycles. The molecule has 2 aromatic rings. The van der Waals surface area contributed by atoms with Crippen molar-refractivity contribution in [1.82, 2.24) is 0 Å². The van der Waals surface area contributed by atoms with E-state index in [9.17, 15) is 18.0 Å². The third kappa shape index (κ3) is 4.01. The van der Waals surface area contributed by atoms with Gasteiger partial charge in [-0.15, -0.1) is 0 Å². The van der Waals surface area contributed by atoms with Crippen LogP contribution in [0.15, 0.2) is 42.5 Å². The lowest BCUT2D eigenvalue weighted by Gasteiger charge is -2.18. The molecule has 0 saturated heterocycles. The molecule has 1 atom stereocenters. The molecule has 138 valence electrons. The SMILES string of the molecule is CCC(Oc1ccc2c(c1)OCO2)C(=O)Nc1cccc(C(F)(F)F)c1. The van der Waals surface area contributed by atoms with Gasteiger partial charge < -0.3 is 19.5 Å². The molecule has 0 bridgehead atoms. The van der Waals surface area contributed by atoms with Crippen LogP contribution in [-0.2, 0) is 11.0 Å². The summed E-state index contributed by atoms with van der Waals surface area (Å²) in [6.45, 7) is 1.86. The number of hydrogen-bond donors (Lipinski definition) is 1. The van der Waals surface area contributed by atoms with Crippen LogP contribution >= 0.6 is 0 Å². The molecule has 1 unspecified atom stereocenters. The Kier molecular flexibility index (Phi) is 4.92. The van der Waals surface area contributed by atoms with E-state index in [1.807, 2.05) is 0 Å². The summed E-state index contributed by atoms with van der Waals surface area (Å²) in [7, 11) is 0. The highest BCUT2D eigenvalue weighted by Crippen LogP contribution is 2.35. The zero-order valence-corrected chi connectivity index (χ0v) is 13.8. The maximum Gasteiger partial charge on any atom is 0.416 e. The average molecular weight is 367 g/mol. The minimum atomic E-state index is -4.48.